The summed E-state index contributed by atoms with van der Waals surface area (Å²) in [6.07, 6.45) is 19.8. The summed E-state index contributed by atoms with van der Waals surface area (Å²) in [7, 11) is 2.17. The summed E-state index contributed by atoms with van der Waals surface area (Å²) in [4.78, 5) is 10.7. The van der Waals surface area contributed by atoms with E-state index in [1.807, 2.05) is 6.20 Å². The van der Waals surface area contributed by atoms with Crippen LogP contribution in [0.3, 0.4) is 0 Å². The molecule has 2 aromatic rings. The predicted molar refractivity (Wildman–Crippen MR) is 140 cm³/mol. The van der Waals surface area contributed by atoms with Gasteiger partial charge < -0.3 is 9.47 Å². The molecule has 4 heteroatoms. The van der Waals surface area contributed by atoms with Crippen LogP contribution in [0, 0.1) is 35.2 Å². The fourth-order valence-corrected chi connectivity index (χ4v) is 8.32. The van der Waals surface area contributed by atoms with Crippen molar-refractivity contribution in [1.82, 2.24) is 14.5 Å². The largest absolute Gasteiger partial charge is 0.371 e. The van der Waals surface area contributed by atoms with E-state index in [1.165, 1.54) is 56.2 Å². The van der Waals surface area contributed by atoms with Crippen LogP contribution >= 0.6 is 0 Å². The zero-order chi connectivity index (χ0) is 23.5. The molecule has 6 unspecified atom stereocenters. The molecule has 1 aromatic carbocycles. The molecule has 6 rings (SSSR count). The zero-order valence-corrected chi connectivity index (χ0v) is 20.8. The zero-order valence-electron chi connectivity index (χ0n) is 20.8. The minimum absolute atomic E-state index is 0.236. The maximum atomic E-state index is 5.32. The first-order valence-corrected chi connectivity index (χ1v) is 13.1. The van der Waals surface area contributed by atoms with Crippen molar-refractivity contribution in [2.75, 3.05) is 7.05 Å². The van der Waals surface area contributed by atoms with Gasteiger partial charge in [-0.05, 0) is 85.1 Å². The van der Waals surface area contributed by atoms with Crippen molar-refractivity contribution in [1.29, 1.82) is 0 Å². The van der Waals surface area contributed by atoms with Crippen LogP contribution in [0.2, 0.25) is 0 Å². The van der Waals surface area contributed by atoms with Crippen LogP contribution in [-0.2, 0) is 0 Å². The smallest absolute Gasteiger partial charge is 0.320 e. The lowest BCUT2D eigenvalue weighted by Crippen LogP contribution is -2.51. The number of hydrogen-bond acceptors (Lipinski definition) is 2. The molecule has 0 N–H and O–H groups in total. The van der Waals surface area contributed by atoms with E-state index >= 15 is 0 Å². The Bertz CT molecular complexity index is 1240. The minimum Gasteiger partial charge on any atom is -0.371 e. The summed E-state index contributed by atoms with van der Waals surface area (Å²) in [5.41, 5.74) is 6.14. The van der Waals surface area contributed by atoms with Crippen molar-refractivity contribution in [3.05, 3.63) is 65.6 Å². The average molecular weight is 454 g/mol. The summed E-state index contributed by atoms with van der Waals surface area (Å²) in [6.45, 7) is 10.5. The van der Waals surface area contributed by atoms with Crippen LogP contribution in [0.4, 0.5) is 0 Å². The molecule has 4 aliphatic rings. The molecule has 0 spiro atoms. The first-order chi connectivity index (χ1) is 16.5. The van der Waals surface area contributed by atoms with Crippen LogP contribution in [0.5, 0.6) is 0 Å². The van der Waals surface area contributed by atoms with E-state index in [0.717, 1.165) is 23.3 Å². The second-order valence-corrected chi connectivity index (χ2v) is 11.7. The van der Waals surface area contributed by atoms with Gasteiger partial charge in [0.1, 0.15) is 6.33 Å². The molecule has 34 heavy (non-hydrogen) atoms. The van der Waals surface area contributed by atoms with Gasteiger partial charge in [-0.15, -0.1) is 0 Å². The number of para-hydroxylation sites is 2. The van der Waals surface area contributed by atoms with Gasteiger partial charge in [-0.25, -0.2) is 4.98 Å². The maximum Gasteiger partial charge on any atom is 0.320 e. The number of imidazole rings is 1. The fraction of sp³-hybridized carbons (Fsp3) is 0.533. The first-order valence-electron chi connectivity index (χ1n) is 13.1. The van der Waals surface area contributed by atoms with Crippen LogP contribution in [0.15, 0.2) is 60.7 Å². The van der Waals surface area contributed by atoms with Gasteiger partial charge in [0.05, 0.1) is 17.2 Å². The molecule has 1 aromatic heterocycles. The highest BCUT2D eigenvalue weighted by Crippen LogP contribution is 2.65. The van der Waals surface area contributed by atoms with Crippen molar-refractivity contribution >= 4 is 16.7 Å². The topological polar surface area (TPSA) is 25.4 Å². The van der Waals surface area contributed by atoms with Gasteiger partial charge in [0.15, 0.2) is 0 Å². The van der Waals surface area contributed by atoms with Gasteiger partial charge in [-0.2, -0.15) is 0 Å². The summed E-state index contributed by atoms with van der Waals surface area (Å²) >= 11 is 0. The van der Waals surface area contributed by atoms with Gasteiger partial charge in [-0.3, -0.25) is 0 Å². The van der Waals surface area contributed by atoms with E-state index in [4.69, 9.17) is 11.6 Å². The van der Waals surface area contributed by atoms with E-state index in [2.05, 4.69) is 78.0 Å². The van der Waals surface area contributed by atoms with E-state index < -0.39 is 0 Å². The monoisotopic (exact) mass is 453 g/mol. The van der Waals surface area contributed by atoms with E-state index in [0.29, 0.717) is 11.5 Å². The second kappa shape index (κ2) is 7.87. The number of fused-ring (bicyclic) bond motifs is 6. The van der Waals surface area contributed by atoms with Gasteiger partial charge in [0, 0.05) is 24.2 Å². The predicted octanol–water partition coefficient (Wildman–Crippen LogP) is 7.18. The third-order valence-corrected chi connectivity index (χ3v) is 10.3. The van der Waals surface area contributed by atoms with Crippen molar-refractivity contribution in [3.8, 4) is 6.57 Å². The fourth-order valence-electron chi connectivity index (χ4n) is 8.32. The van der Waals surface area contributed by atoms with Crippen LogP contribution in [-0.4, -0.2) is 27.5 Å². The number of hydrogen-bond donors (Lipinski definition) is 0. The Kier molecular flexibility index (Phi) is 5.03. The van der Waals surface area contributed by atoms with Gasteiger partial charge in [0.2, 0.25) is 0 Å². The number of benzene rings is 1. The molecule has 4 nitrogen and oxygen atoms in total. The van der Waals surface area contributed by atoms with Crippen molar-refractivity contribution in [2.24, 2.45) is 28.6 Å². The first kappa shape index (κ1) is 21.7. The highest BCUT2D eigenvalue weighted by molar-refractivity contribution is 5.80. The second-order valence-electron chi connectivity index (χ2n) is 11.7. The Hall–Kier alpha value is -2.80. The van der Waals surface area contributed by atoms with E-state index in [-0.39, 0.29) is 5.41 Å². The average Bonchev–Trinajstić information content (AvgIpc) is 3.42. The molecule has 0 aliphatic heterocycles. The molecule has 4 aliphatic carbocycles. The lowest BCUT2D eigenvalue weighted by molar-refractivity contribution is -0.0169. The number of aromatic nitrogens is 2. The summed E-state index contributed by atoms with van der Waals surface area (Å²) < 4.78 is 2.39. The quantitative estimate of drug-likeness (QED) is 0.460. The van der Waals surface area contributed by atoms with Crippen LogP contribution in [0.25, 0.3) is 21.6 Å². The molecule has 2 fully saturated rings. The summed E-state index contributed by atoms with van der Waals surface area (Å²) in [6, 6.07) is 9.11. The molecule has 176 valence electrons. The molecule has 0 amide bonds. The van der Waals surface area contributed by atoms with Crippen LogP contribution in [0.1, 0.15) is 58.8 Å². The molecule has 0 radical (unpaired) electrons. The Balaban J connectivity index is 1.27. The normalized spacial score (nSPS) is 36.9. The van der Waals surface area contributed by atoms with E-state index in [1.54, 1.807) is 11.8 Å². The molecule has 2 saturated carbocycles. The summed E-state index contributed by atoms with van der Waals surface area (Å²) in [5.74, 6) is 2.31. The van der Waals surface area contributed by atoms with Crippen molar-refractivity contribution < 1.29 is 0 Å². The third kappa shape index (κ3) is 3.05. The Morgan fingerprint density at radius 3 is 2.76 bits per heavy atom. The standard InChI is InChI=1S/C30H37N4/c1-29-15-13-22(33(4)18-17-31-3)19-21(29)9-10-23-24-11-12-28(30(24,2)16-14-25(23)29)34-20-32-26-7-5-6-8-27(26)34/h3,5-9,12,17-18,20,22-25H,10-11,13-16,19H2,1-2,4H3/q+1/b18-17-. The Morgan fingerprint density at radius 1 is 1.09 bits per heavy atom. The number of allylic oxidation sites excluding steroid dienone is 3. The lowest BCUT2D eigenvalue weighted by Gasteiger charge is -2.58. The lowest BCUT2D eigenvalue weighted by atomic mass is 9.47. The van der Waals surface area contributed by atoms with Gasteiger partial charge in [0.25, 0.3) is 6.57 Å². The number of nitrogens with zero attached hydrogens (tertiary/aromatic N) is 4. The third-order valence-electron chi connectivity index (χ3n) is 10.3. The highest BCUT2D eigenvalue weighted by Gasteiger charge is 2.57. The van der Waals surface area contributed by atoms with Gasteiger partial charge >= 0.3 is 6.20 Å². The van der Waals surface area contributed by atoms with Crippen LogP contribution < -0.4 is 0 Å². The van der Waals surface area contributed by atoms with Crippen molar-refractivity contribution in [3.63, 3.8) is 0 Å². The van der Waals surface area contributed by atoms with Gasteiger partial charge in [-0.1, -0.05) is 43.7 Å². The molecule has 1 heterocycles. The highest BCUT2D eigenvalue weighted by atomic mass is 15.1. The molecule has 0 saturated heterocycles. The number of rotatable bonds is 3. The van der Waals surface area contributed by atoms with Crippen molar-refractivity contribution in [2.45, 2.75) is 64.8 Å². The molecular formula is C30H37N4+. The molecular weight excluding hydrogens is 416 g/mol. The minimum atomic E-state index is 0.236. The SMILES string of the molecule is C#[N+]/C=C\N(C)C1CCC2(C)C(=CCC3C2CCC2(C)C(n4cnc5ccccc54)=CCC32)C1. The molecule has 6 atom stereocenters. The maximum absolute atomic E-state index is 5.32. The molecule has 0 bridgehead atoms. The van der Waals surface area contributed by atoms with E-state index in [9.17, 15) is 0 Å². The Labute approximate surface area is 203 Å². The Morgan fingerprint density at radius 2 is 1.91 bits per heavy atom. The summed E-state index contributed by atoms with van der Waals surface area (Å²) in [5, 5.41) is 0.